The summed E-state index contributed by atoms with van der Waals surface area (Å²) >= 11 is 0. The van der Waals surface area contributed by atoms with Gasteiger partial charge in [0.05, 0.1) is 54.7 Å². The number of hydrogen-bond donors (Lipinski definition) is 2. The van der Waals surface area contributed by atoms with Crippen LogP contribution in [0.3, 0.4) is 0 Å². The number of anilines is 3. The molecule has 0 radical (unpaired) electrons. The normalized spacial score (nSPS) is 21.6. The third-order valence-corrected chi connectivity index (χ3v) is 8.91. The van der Waals surface area contributed by atoms with Gasteiger partial charge in [-0.25, -0.2) is 18.4 Å². The summed E-state index contributed by atoms with van der Waals surface area (Å²) in [5, 5.41) is 4.15. The number of aromatic nitrogens is 4. The second kappa shape index (κ2) is 14.1. The Morgan fingerprint density at radius 2 is 1.70 bits per heavy atom. The molecule has 2 aliphatic heterocycles. The van der Waals surface area contributed by atoms with E-state index in [0.29, 0.717) is 35.3 Å². The van der Waals surface area contributed by atoms with Crippen molar-refractivity contribution in [2.24, 2.45) is 0 Å². The SMILES string of the molecule is CS(=O)(=O)Nc1cnc2cc(N3CCCCC3)nc(OC3CCC(Nc4ncc(OCCN5CCOCC5)cn4)CC3)c2c1. The van der Waals surface area contributed by atoms with Crippen molar-refractivity contribution >= 4 is 38.4 Å². The molecule has 0 unspecified atom stereocenters. The van der Waals surface area contributed by atoms with E-state index in [1.165, 1.54) is 12.6 Å². The molecule has 14 heteroatoms. The number of hydrogen-bond acceptors (Lipinski definition) is 12. The minimum atomic E-state index is -3.44. The van der Waals surface area contributed by atoms with Gasteiger partial charge < -0.3 is 24.4 Å². The molecular formula is C30H42N8O5S. The molecule has 1 aliphatic carbocycles. The fourth-order valence-corrected chi connectivity index (χ4v) is 6.51. The Kier molecular flexibility index (Phi) is 9.77. The predicted octanol–water partition coefficient (Wildman–Crippen LogP) is 3.29. The molecule has 0 bridgehead atoms. The predicted molar refractivity (Wildman–Crippen MR) is 169 cm³/mol. The highest BCUT2D eigenvalue weighted by Gasteiger charge is 2.25. The lowest BCUT2D eigenvalue weighted by Gasteiger charge is -2.31. The molecule has 2 N–H and O–H groups in total. The molecular weight excluding hydrogens is 584 g/mol. The van der Waals surface area contributed by atoms with Crippen LogP contribution in [0.15, 0.2) is 30.7 Å². The zero-order chi connectivity index (χ0) is 30.4. The van der Waals surface area contributed by atoms with E-state index in [2.05, 4.69) is 34.8 Å². The Labute approximate surface area is 258 Å². The number of rotatable bonds is 11. The molecule has 3 aromatic heterocycles. The van der Waals surface area contributed by atoms with E-state index in [4.69, 9.17) is 19.2 Å². The molecule has 2 saturated heterocycles. The van der Waals surface area contributed by atoms with Crippen LogP contribution >= 0.6 is 0 Å². The van der Waals surface area contributed by atoms with Crippen LogP contribution in [0.1, 0.15) is 44.9 Å². The van der Waals surface area contributed by atoms with Gasteiger partial charge in [0.15, 0.2) is 5.75 Å². The third kappa shape index (κ3) is 8.36. The molecule has 13 nitrogen and oxygen atoms in total. The Bertz CT molecular complexity index is 1490. The van der Waals surface area contributed by atoms with Gasteiger partial charge in [0.1, 0.15) is 18.5 Å². The van der Waals surface area contributed by atoms with Crippen molar-refractivity contribution in [1.82, 2.24) is 24.8 Å². The molecule has 44 heavy (non-hydrogen) atoms. The van der Waals surface area contributed by atoms with Crippen LogP contribution < -0.4 is 24.4 Å². The summed E-state index contributed by atoms with van der Waals surface area (Å²) in [5.41, 5.74) is 1.12. The Morgan fingerprint density at radius 3 is 2.43 bits per heavy atom. The molecule has 0 atom stereocenters. The number of sulfonamides is 1. The van der Waals surface area contributed by atoms with E-state index < -0.39 is 10.0 Å². The van der Waals surface area contributed by atoms with E-state index in [9.17, 15) is 8.42 Å². The van der Waals surface area contributed by atoms with E-state index in [1.807, 2.05) is 6.07 Å². The number of piperidine rings is 1. The number of pyridine rings is 2. The standard InChI is InChI=1S/C30H42N8O5S/c1-44(39,40)36-23-17-26-27(31-19-23)18-28(38-9-3-2-4-10-38)35-29(26)43-24-7-5-22(6-8-24)34-30-32-20-25(21-33-30)42-16-13-37-11-14-41-15-12-37/h17-22,24,36H,2-16H2,1H3,(H,32,33,34). The van der Waals surface area contributed by atoms with Crippen LogP contribution in [0.4, 0.5) is 17.5 Å². The zero-order valence-electron chi connectivity index (χ0n) is 25.3. The maximum Gasteiger partial charge on any atom is 0.229 e. The number of nitrogens with one attached hydrogen (secondary N) is 2. The van der Waals surface area contributed by atoms with Gasteiger partial charge in [-0.1, -0.05) is 0 Å². The molecule has 238 valence electrons. The van der Waals surface area contributed by atoms with Crippen LogP contribution in [0.2, 0.25) is 0 Å². The van der Waals surface area contributed by atoms with Gasteiger partial charge in [-0.3, -0.25) is 14.6 Å². The first kappa shape index (κ1) is 30.5. The van der Waals surface area contributed by atoms with Crippen molar-refractivity contribution in [3.8, 4) is 11.6 Å². The number of nitrogens with zero attached hydrogens (tertiary/aromatic N) is 6. The van der Waals surface area contributed by atoms with Gasteiger partial charge in [0, 0.05) is 44.8 Å². The first-order chi connectivity index (χ1) is 21.4. The molecule has 5 heterocycles. The second-order valence-electron chi connectivity index (χ2n) is 11.8. The zero-order valence-corrected chi connectivity index (χ0v) is 26.1. The topological polar surface area (TPSA) is 144 Å². The van der Waals surface area contributed by atoms with Crippen molar-refractivity contribution in [2.45, 2.75) is 57.1 Å². The van der Waals surface area contributed by atoms with Crippen molar-refractivity contribution in [3.63, 3.8) is 0 Å². The summed E-state index contributed by atoms with van der Waals surface area (Å²) in [6, 6.07) is 3.96. The molecule has 3 fully saturated rings. The van der Waals surface area contributed by atoms with E-state index in [-0.39, 0.29) is 12.1 Å². The van der Waals surface area contributed by atoms with Crippen LogP contribution in [0, 0.1) is 0 Å². The largest absolute Gasteiger partial charge is 0.489 e. The smallest absolute Gasteiger partial charge is 0.229 e. The number of fused-ring (bicyclic) bond motifs is 1. The molecule has 0 spiro atoms. The molecule has 1 saturated carbocycles. The fourth-order valence-electron chi connectivity index (χ4n) is 5.97. The van der Waals surface area contributed by atoms with E-state index in [0.717, 1.165) is 102 Å². The number of morpholine rings is 1. The minimum Gasteiger partial charge on any atom is -0.489 e. The first-order valence-electron chi connectivity index (χ1n) is 15.6. The highest BCUT2D eigenvalue weighted by molar-refractivity contribution is 7.92. The maximum atomic E-state index is 11.9. The van der Waals surface area contributed by atoms with Crippen molar-refractivity contribution in [1.29, 1.82) is 0 Å². The Morgan fingerprint density at radius 1 is 0.955 bits per heavy atom. The molecule has 0 aromatic carbocycles. The van der Waals surface area contributed by atoms with Crippen LogP contribution in [-0.4, -0.2) is 104 Å². The van der Waals surface area contributed by atoms with Crippen molar-refractivity contribution in [2.75, 3.05) is 73.7 Å². The monoisotopic (exact) mass is 626 g/mol. The average molecular weight is 627 g/mol. The lowest BCUT2D eigenvalue weighted by Crippen LogP contribution is -2.38. The lowest BCUT2D eigenvalue weighted by atomic mass is 9.93. The third-order valence-electron chi connectivity index (χ3n) is 8.31. The number of ether oxygens (including phenoxy) is 3. The van der Waals surface area contributed by atoms with Gasteiger partial charge >= 0.3 is 0 Å². The van der Waals surface area contributed by atoms with Gasteiger partial charge in [-0.2, -0.15) is 4.98 Å². The summed E-state index contributed by atoms with van der Waals surface area (Å²) in [4.78, 5) is 23.0. The molecule has 0 amide bonds. The molecule has 6 rings (SSSR count). The molecule has 3 aliphatic rings. The summed E-state index contributed by atoms with van der Waals surface area (Å²) in [6.07, 6.45) is 13.0. The van der Waals surface area contributed by atoms with Crippen molar-refractivity contribution < 1.29 is 22.6 Å². The van der Waals surface area contributed by atoms with Crippen molar-refractivity contribution in [3.05, 3.63) is 30.7 Å². The van der Waals surface area contributed by atoms with Gasteiger partial charge in [-0.05, 0) is 51.0 Å². The van der Waals surface area contributed by atoms with Gasteiger partial charge in [0.2, 0.25) is 21.9 Å². The Balaban J connectivity index is 1.06. The first-order valence-corrected chi connectivity index (χ1v) is 17.5. The summed E-state index contributed by atoms with van der Waals surface area (Å²) in [7, 11) is -3.44. The van der Waals surface area contributed by atoms with Crippen LogP contribution in [-0.2, 0) is 14.8 Å². The fraction of sp³-hybridized carbons (Fsp3) is 0.600. The van der Waals surface area contributed by atoms with Crippen LogP contribution in [0.5, 0.6) is 11.6 Å². The van der Waals surface area contributed by atoms with Gasteiger partial charge in [-0.15, -0.1) is 0 Å². The van der Waals surface area contributed by atoms with E-state index in [1.54, 1.807) is 18.5 Å². The highest BCUT2D eigenvalue weighted by atomic mass is 32.2. The lowest BCUT2D eigenvalue weighted by molar-refractivity contribution is 0.0322. The quantitative estimate of drug-likeness (QED) is 0.322. The maximum absolute atomic E-state index is 11.9. The summed E-state index contributed by atoms with van der Waals surface area (Å²) in [5.74, 6) is 2.60. The minimum absolute atomic E-state index is 0.0185. The highest BCUT2D eigenvalue weighted by Crippen LogP contribution is 2.33. The van der Waals surface area contributed by atoms with Gasteiger partial charge in [0.25, 0.3) is 0 Å². The Hall–Kier alpha value is -3.49. The van der Waals surface area contributed by atoms with E-state index >= 15 is 0 Å². The van der Waals surface area contributed by atoms with Crippen LogP contribution in [0.25, 0.3) is 10.9 Å². The molecule has 3 aromatic rings. The summed E-state index contributed by atoms with van der Waals surface area (Å²) < 4.78 is 44.0. The summed E-state index contributed by atoms with van der Waals surface area (Å²) in [6.45, 7) is 6.79. The average Bonchev–Trinajstić information content (AvgIpc) is 3.03. The second-order valence-corrected chi connectivity index (χ2v) is 13.5.